The van der Waals surface area contributed by atoms with Gasteiger partial charge in [0.15, 0.2) is 0 Å². The Morgan fingerprint density at radius 3 is 2.40 bits per heavy atom. The smallest absolute Gasteiger partial charge is 0.238 e. The van der Waals surface area contributed by atoms with E-state index in [9.17, 15) is 9.59 Å². The molecule has 0 saturated carbocycles. The molecular weight excluding hydrogens is 314 g/mol. The van der Waals surface area contributed by atoms with E-state index in [0.29, 0.717) is 18.4 Å². The van der Waals surface area contributed by atoms with E-state index < -0.39 is 0 Å². The molecule has 0 aromatic heterocycles. The molecule has 0 unspecified atom stereocenters. The van der Waals surface area contributed by atoms with Crippen LogP contribution in [-0.4, -0.2) is 42.4 Å². The molecule has 5 heteroatoms. The first-order chi connectivity index (χ1) is 11.8. The van der Waals surface area contributed by atoms with E-state index in [2.05, 4.69) is 56.5 Å². The number of amides is 2. The lowest BCUT2D eigenvalue weighted by Gasteiger charge is -2.26. The minimum absolute atomic E-state index is 0.00394. The van der Waals surface area contributed by atoms with Crippen LogP contribution >= 0.6 is 0 Å². The van der Waals surface area contributed by atoms with Gasteiger partial charge in [0.2, 0.25) is 11.8 Å². The maximum atomic E-state index is 12.7. The van der Waals surface area contributed by atoms with Gasteiger partial charge in [0.05, 0.1) is 12.6 Å². The molecule has 138 valence electrons. The summed E-state index contributed by atoms with van der Waals surface area (Å²) < 4.78 is 0. The van der Waals surface area contributed by atoms with E-state index >= 15 is 0 Å². The van der Waals surface area contributed by atoms with Crippen LogP contribution in [0.15, 0.2) is 18.2 Å². The number of nitrogens with one attached hydrogen (secondary N) is 2. The van der Waals surface area contributed by atoms with Crippen molar-refractivity contribution in [1.29, 1.82) is 0 Å². The summed E-state index contributed by atoms with van der Waals surface area (Å²) in [6.45, 7) is 12.1. The van der Waals surface area contributed by atoms with Crippen molar-refractivity contribution >= 4 is 17.5 Å². The van der Waals surface area contributed by atoms with Gasteiger partial charge in [-0.1, -0.05) is 45.9 Å². The van der Waals surface area contributed by atoms with Crippen LogP contribution in [-0.2, 0) is 9.59 Å². The molecule has 1 aliphatic rings. The number of hydrogen-bond acceptors (Lipinski definition) is 3. The molecule has 2 amide bonds. The van der Waals surface area contributed by atoms with Crippen LogP contribution in [0.4, 0.5) is 5.69 Å². The molecule has 2 rings (SSSR count). The summed E-state index contributed by atoms with van der Waals surface area (Å²) in [7, 11) is 0. The number of carbonyl (C=O) groups is 2. The van der Waals surface area contributed by atoms with Crippen LogP contribution in [0.1, 0.15) is 64.0 Å². The monoisotopic (exact) mass is 345 g/mol. The molecule has 0 bridgehead atoms. The van der Waals surface area contributed by atoms with Crippen molar-refractivity contribution in [2.24, 2.45) is 0 Å². The van der Waals surface area contributed by atoms with Crippen LogP contribution in [0, 0.1) is 0 Å². The zero-order valence-electron chi connectivity index (χ0n) is 16.1. The van der Waals surface area contributed by atoms with Gasteiger partial charge in [-0.3, -0.25) is 14.5 Å². The van der Waals surface area contributed by atoms with Crippen molar-refractivity contribution in [3.63, 3.8) is 0 Å². The molecule has 1 heterocycles. The second-order valence-electron chi connectivity index (χ2n) is 7.46. The molecule has 1 aromatic carbocycles. The second kappa shape index (κ2) is 8.48. The van der Waals surface area contributed by atoms with Crippen molar-refractivity contribution in [2.45, 2.75) is 58.9 Å². The molecule has 1 aliphatic heterocycles. The zero-order valence-corrected chi connectivity index (χ0v) is 16.1. The summed E-state index contributed by atoms with van der Waals surface area (Å²) >= 11 is 0. The Morgan fingerprint density at radius 2 is 1.84 bits per heavy atom. The third-order valence-corrected chi connectivity index (χ3v) is 4.83. The van der Waals surface area contributed by atoms with Gasteiger partial charge in [0, 0.05) is 18.8 Å². The third kappa shape index (κ3) is 4.82. The van der Waals surface area contributed by atoms with Crippen molar-refractivity contribution in [2.75, 3.05) is 25.0 Å². The van der Waals surface area contributed by atoms with E-state index in [1.165, 1.54) is 0 Å². The lowest BCUT2D eigenvalue weighted by atomic mass is 9.92. The SMILES string of the molecule is CC(C)c1cccc(C(C)C)c1NC(=O)CN1CCCNC(=O)[C@@H]1C. The van der Waals surface area contributed by atoms with Crippen molar-refractivity contribution in [1.82, 2.24) is 10.2 Å². The molecule has 0 radical (unpaired) electrons. The van der Waals surface area contributed by atoms with Gasteiger partial charge in [-0.25, -0.2) is 0 Å². The normalized spacial score (nSPS) is 19.0. The molecule has 1 aromatic rings. The Morgan fingerprint density at radius 1 is 1.24 bits per heavy atom. The first kappa shape index (κ1) is 19.4. The number of para-hydroxylation sites is 1. The van der Waals surface area contributed by atoms with Gasteiger partial charge in [-0.15, -0.1) is 0 Å². The third-order valence-electron chi connectivity index (χ3n) is 4.83. The van der Waals surface area contributed by atoms with Crippen molar-refractivity contribution in [3.8, 4) is 0 Å². The fourth-order valence-corrected chi connectivity index (χ4v) is 3.28. The largest absolute Gasteiger partial charge is 0.355 e. The minimum Gasteiger partial charge on any atom is -0.355 e. The van der Waals surface area contributed by atoms with E-state index in [0.717, 1.165) is 29.8 Å². The fraction of sp³-hybridized carbons (Fsp3) is 0.600. The molecular formula is C20H31N3O2. The van der Waals surface area contributed by atoms with Crippen molar-refractivity contribution < 1.29 is 9.59 Å². The summed E-state index contributed by atoms with van der Waals surface area (Å²) in [5.74, 6) is 0.598. The van der Waals surface area contributed by atoms with E-state index in [1.54, 1.807) is 0 Å². The molecule has 2 N–H and O–H groups in total. The highest BCUT2D eigenvalue weighted by atomic mass is 16.2. The van der Waals surface area contributed by atoms with Crippen LogP contribution in [0.2, 0.25) is 0 Å². The lowest BCUT2D eigenvalue weighted by molar-refractivity contribution is -0.126. The van der Waals surface area contributed by atoms with Gasteiger partial charge in [-0.2, -0.15) is 0 Å². The number of hydrogen-bond donors (Lipinski definition) is 2. The second-order valence-corrected chi connectivity index (χ2v) is 7.46. The number of nitrogens with zero attached hydrogens (tertiary/aromatic N) is 1. The lowest BCUT2D eigenvalue weighted by Crippen LogP contribution is -2.45. The van der Waals surface area contributed by atoms with E-state index in [1.807, 2.05) is 11.8 Å². The Balaban J connectivity index is 2.18. The zero-order chi connectivity index (χ0) is 18.6. The highest BCUT2D eigenvalue weighted by molar-refractivity contribution is 5.94. The summed E-state index contributed by atoms with van der Waals surface area (Å²) in [5, 5.41) is 6.02. The Labute approximate surface area is 151 Å². The Hall–Kier alpha value is -1.88. The average molecular weight is 345 g/mol. The van der Waals surface area contributed by atoms with Crippen LogP contribution in [0.5, 0.6) is 0 Å². The summed E-state index contributed by atoms with van der Waals surface area (Å²) in [4.78, 5) is 26.6. The summed E-state index contributed by atoms with van der Waals surface area (Å²) in [6, 6.07) is 5.93. The van der Waals surface area contributed by atoms with Crippen molar-refractivity contribution in [3.05, 3.63) is 29.3 Å². The predicted molar refractivity (Wildman–Crippen MR) is 102 cm³/mol. The average Bonchev–Trinajstić information content (AvgIpc) is 2.70. The number of carbonyl (C=O) groups excluding carboxylic acids is 2. The topological polar surface area (TPSA) is 61.4 Å². The van der Waals surface area contributed by atoms with Gasteiger partial charge >= 0.3 is 0 Å². The van der Waals surface area contributed by atoms with Crippen LogP contribution in [0.25, 0.3) is 0 Å². The Kier molecular flexibility index (Phi) is 6.59. The molecule has 1 atom stereocenters. The highest BCUT2D eigenvalue weighted by Crippen LogP contribution is 2.32. The quantitative estimate of drug-likeness (QED) is 0.862. The first-order valence-corrected chi connectivity index (χ1v) is 9.25. The van der Waals surface area contributed by atoms with E-state index in [4.69, 9.17) is 0 Å². The molecule has 0 spiro atoms. The van der Waals surface area contributed by atoms with E-state index in [-0.39, 0.29) is 24.4 Å². The Bertz CT molecular complexity index is 599. The molecule has 5 nitrogen and oxygen atoms in total. The highest BCUT2D eigenvalue weighted by Gasteiger charge is 2.26. The molecule has 25 heavy (non-hydrogen) atoms. The predicted octanol–water partition coefficient (Wildman–Crippen LogP) is 3.08. The summed E-state index contributed by atoms with van der Waals surface area (Å²) in [6.07, 6.45) is 0.864. The fourth-order valence-electron chi connectivity index (χ4n) is 3.28. The maximum absolute atomic E-state index is 12.7. The van der Waals surface area contributed by atoms with Crippen LogP contribution in [0.3, 0.4) is 0 Å². The molecule has 1 saturated heterocycles. The van der Waals surface area contributed by atoms with Gasteiger partial charge in [0.25, 0.3) is 0 Å². The van der Waals surface area contributed by atoms with Crippen LogP contribution < -0.4 is 10.6 Å². The number of anilines is 1. The van der Waals surface area contributed by atoms with Gasteiger partial charge < -0.3 is 10.6 Å². The minimum atomic E-state index is -0.279. The van der Waals surface area contributed by atoms with Gasteiger partial charge in [0.1, 0.15) is 0 Å². The molecule has 1 fully saturated rings. The maximum Gasteiger partial charge on any atom is 0.238 e. The molecule has 0 aliphatic carbocycles. The summed E-state index contributed by atoms with van der Waals surface area (Å²) in [5.41, 5.74) is 3.24. The first-order valence-electron chi connectivity index (χ1n) is 9.25. The van der Waals surface area contributed by atoms with Gasteiger partial charge in [-0.05, 0) is 36.3 Å². The number of rotatable bonds is 5. The standard InChI is InChI=1S/C20H31N3O2/c1-13(2)16-8-6-9-17(14(3)4)19(16)22-18(24)12-23-11-7-10-21-20(25)15(23)5/h6,8-9,13-15H,7,10-12H2,1-5H3,(H,21,25)(H,22,24)/t15-/m0/s1. The number of benzene rings is 1.